The summed E-state index contributed by atoms with van der Waals surface area (Å²) in [4.78, 5) is 30.7. The Morgan fingerprint density at radius 2 is 2.17 bits per heavy atom. The highest BCUT2D eigenvalue weighted by atomic mass is 35.5. The Bertz CT molecular complexity index is 746. The first-order chi connectivity index (χ1) is 10.6. The summed E-state index contributed by atoms with van der Waals surface area (Å²) in [6.45, 7) is 4.72. The molecule has 0 aliphatic carbocycles. The summed E-state index contributed by atoms with van der Waals surface area (Å²) >= 11 is 0. The van der Waals surface area contributed by atoms with E-state index in [1.54, 1.807) is 6.07 Å². The zero-order valence-electron chi connectivity index (χ0n) is 13.1. The lowest BCUT2D eigenvalue weighted by Crippen LogP contribution is -2.51. The molecule has 0 radical (unpaired) electrons. The Balaban J connectivity index is 0.00000192. The molecule has 7 heteroatoms. The van der Waals surface area contributed by atoms with Crippen LogP contribution >= 0.6 is 12.4 Å². The number of nitrogens with zero attached hydrogens (tertiary/aromatic N) is 3. The quantitative estimate of drug-likeness (QED) is 0.909. The van der Waals surface area contributed by atoms with Crippen LogP contribution in [0.1, 0.15) is 13.3 Å². The van der Waals surface area contributed by atoms with Crippen LogP contribution in [0.15, 0.2) is 35.4 Å². The number of carbonyl (C=O) groups excluding carboxylic acids is 1. The average Bonchev–Trinajstić information content (AvgIpc) is 2.54. The van der Waals surface area contributed by atoms with Crippen molar-refractivity contribution in [1.29, 1.82) is 0 Å². The standard InChI is InChI=1S/C16H20N4O2.ClH/c1-12-10-19(9-7-17-12)15(21)6-8-20-11-18-14-5-3-2-4-13(14)16(20)22;/h2-5,11-12,17H,6-10H2,1H3;1H. The molecule has 1 aliphatic rings. The number of nitrogens with one attached hydrogen (secondary N) is 1. The van der Waals surface area contributed by atoms with Gasteiger partial charge in [0.2, 0.25) is 5.91 Å². The zero-order chi connectivity index (χ0) is 15.5. The van der Waals surface area contributed by atoms with Gasteiger partial charge >= 0.3 is 0 Å². The predicted molar refractivity (Wildman–Crippen MR) is 91.9 cm³/mol. The maximum Gasteiger partial charge on any atom is 0.261 e. The van der Waals surface area contributed by atoms with Crippen molar-refractivity contribution in [3.63, 3.8) is 0 Å². The molecule has 2 aromatic rings. The molecule has 1 aromatic carbocycles. The van der Waals surface area contributed by atoms with Gasteiger partial charge in [0, 0.05) is 38.6 Å². The molecule has 124 valence electrons. The number of piperazine rings is 1. The van der Waals surface area contributed by atoms with Gasteiger partial charge in [0.25, 0.3) is 5.56 Å². The maximum absolute atomic E-state index is 12.4. The molecule has 1 N–H and O–H groups in total. The van der Waals surface area contributed by atoms with E-state index in [4.69, 9.17) is 0 Å². The molecule has 1 saturated heterocycles. The molecular formula is C16H21ClN4O2. The number of hydrogen-bond acceptors (Lipinski definition) is 4. The third-order valence-corrected chi connectivity index (χ3v) is 4.02. The van der Waals surface area contributed by atoms with Gasteiger partial charge < -0.3 is 10.2 Å². The summed E-state index contributed by atoms with van der Waals surface area (Å²) in [6, 6.07) is 7.58. The molecule has 1 aromatic heterocycles. The second-order valence-corrected chi connectivity index (χ2v) is 5.71. The van der Waals surface area contributed by atoms with Crippen molar-refractivity contribution in [2.24, 2.45) is 0 Å². The van der Waals surface area contributed by atoms with E-state index in [1.807, 2.05) is 23.1 Å². The molecule has 1 fully saturated rings. The molecule has 1 amide bonds. The van der Waals surface area contributed by atoms with Gasteiger partial charge in [0.1, 0.15) is 0 Å². The number of rotatable bonds is 3. The first-order valence-corrected chi connectivity index (χ1v) is 7.60. The summed E-state index contributed by atoms with van der Waals surface area (Å²) in [7, 11) is 0. The Morgan fingerprint density at radius 1 is 1.39 bits per heavy atom. The number of aryl methyl sites for hydroxylation is 1. The number of carbonyl (C=O) groups is 1. The zero-order valence-corrected chi connectivity index (χ0v) is 13.9. The molecule has 2 heterocycles. The first-order valence-electron chi connectivity index (χ1n) is 7.60. The maximum atomic E-state index is 12.4. The SMILES string of the molecule is CC1CN(C(=O)CCn2cnc3ccccc3c2=O)CCN1.Cl. The number of halogens is 1. The highest BCUT2D eigenvalue weighted by Crippen LogP contribution is 2.06. The van der Waals surface area contributed by atoms with Crippen molar-refractivity contribution in [1.82, 2.24) is 19.8 Å². The molecule has 1 unspecified atom stereocenters. The van der Waals surface area contributed by atoms with Crippen LogP contribution in [-0.2, 0) is 11.3 Å². The summed E-state index contributed by atoms with van der Waals surface area (Å²) in [6.07, 6.45) is 1.85. The normalized spacial score (nSPS) is 17.8. The molecule has 6 nitrogen and oxygen atoms in total. The van der Waals surface area contributed by atoms with Gasteiger partial charge in [-0.1, -0.05) is 12.1 Å². The summed E-state index contributed by atoms with van der Waals surface area (Å²) in [5.74, 6) is 0.0911. The summed E-state index contributed by atoms with van der Waals surface area (Å²) in [5, 5.41) is 3.90. The topological polar surface area (TPSA) is 67.2 Å². The average molecular weight is 337 g/mol. The lowest BCUT2D eigenvalue weighted by molar-refractivity contribution is -0.132. The lowest BCUT2D eigenvalue weighted by Gasteiger charge is -2.32. The third kappa shape index (κ3) is 3.89. The van der Waals surface area contributed by atoms with Gasteiger partial charge in [-0.25, -0.2) is 4.98 Å². The van der Waals surface area contributed by atoms with E-state index in [0.717, 1.165) is 19.6 Å². The van der Waals surface area contributed by atoms with Crippen molar-refractivity contribution in [3.8, 4) is 0 Å². The van der Waals surface area contributed by atoms with Crippen molar-refractivity contribution in [2.45, 2.75) is 25.9 Å². The van der Waals surface area contributed by atoms with Crippen molar-refractivity contribution >= 4 is 29.2 Å². The number of hydrogen-bond donors (Lipinski definition) is 1. The Morgan fingerprint density at radius 3 is 2.96 bits per heavy atom. The van der Waals surface area contributed by atoms with Gasteiger partial charge in [-0.05, 0) is 19.1 Å². The monoisotopic (exact) mass is 336 g/mol. The molecule has 1 aliphatic heterocycles. The molecular weight excluding hydrogens is 316 g/mol. The Kier molecular flexibility index (Phi) is 5.74. The number of para-hydroxylation sites is 1. The van der Waals surface area contributed by atoms with Crippen LogP contribution in [0, 0.1) is 0 Å². The van der Waals surface area contributed by atoms with Gasteiger partial charge in [0.05, 0.1) is 17.2 Å². The van der Waals surface area contributed by atoms with Crippen molar-refractivity contribution < 1.29 is 4.79 Å². The van der Waals surface area contributed by atoms with Crippen molar-refractivity contribution in [2.75, 3.05) is 19.6 Å². The second-order valence-electron chi connectivity index (χ2n) is 5.71. The second kappa shape index (κ2) is 7.57. The van der Waals surface area contributed by atoms with Gasteiger partial charge in [-0.15, -0.1) is 12.4 Å². The number of amides is 1. The van der Waals surface area contributed by atoms with E-state index in [0.29, 0.717) is 29.9 Å². The van der Waals surface area contributed by atoms with Crippen LogP contribution in [0.3, 0.4) is 0 Å². The minimum atomic E-state index is -0.0907. The fourth-order valence-electron chi connectivity index (χ4n) is 2.80. The predicted octanol–water partition coefficient (Wildman–Crippen LogP) is 1.03. The molecule has 3 rings (SSSR count). The van der Waals surface area contributed by atoms with Crippen LogP contribution < -0.4 is 10.9 Å². The molecule has 0 saturated carbocycles. The molecule has 1 atom stereocenters. The van der Waals surface area contributed by atoms with Crippen LogP contribution in [0.4, 0.5) is 0 Å². The van der Waals surface area contributed by atoms with E-state index in [9.17, 15) is 9.59 Å². The fourth-order valence-corrected chi connectivity index (χ4v) is 2.80. The van der Waals surface area contributed by atoms with E-state index < -0.39 is 0 Å². The Labute approximate surface area is 140 Å². The van der Waals surface area contributed by atoms with Crippen LogP contribution in [-0.4, -0.2) is 46.0 Å². The summed E-state index contributed by atoms with van der Waals surface area (Å²) in [5.41, 5.74) is 0.595. The van der Waals surface area contributed by atoms with E-state index in [-0.39, 0.29) is 23.9 Å². The number of fused-ring (bicyclic) bond motifs is 1. The fraction of sp³-hybridized carbons (Fsp3) is 0.438. The highest BCUT2D eigenvalue weighted by molar-refractivity contribution is 5.85. The van der Waals surface area contributed by atoms with Gasteiger partial charge in [-0.2, -0.15) is 0 Å². The molecule has 0 bridgehead atoms. The van der Waals surface area contributed by atoms with Gasteiger partial charge in [0.15, 0.2) is 0 Å². The lowest BCUT2D eigenvalue weighted by atomic mass is 10.2. The number of benzene rings is 1. The van der Waals surface area contributed by atoms with E-state index in [1.165, 1.54) is 10.9 Å². The molecule has 23 heavy (non-hydrogen) atoms. The van der Waals surface area contributed by atoms with Crippen LogP contribution in [0.25, 0.3) is 10.9 Å². The number of aromatic nitrogens is 2. The minimum absolute atomic E-state index is 0. The first kappa shape index (κ1) is 17.4. The smallest absolute Gasteiger partial charge is 0.261 e. The Hall–Kier alpha value is -1.92. The third-order valence-electron chi connectivity index (χ3n) is 4.02. The van der Waals surface area contributed by atoms with Crippen LogP contribution in [0.5, 0.6) is 0 Å². The molecule has 0 spiro atoms. The van der Waals surface area contributed by atoms with E-state index in [2.05, 4.69) is 17.2 Å². The van der Waals surface area contributed by atoms with Crippen molar-refractivity contribution in [3.05, 3.63) is 40.9 Å². The van der Waals surface area contributed by atoms with E-state index >= 15 is 0 Å². The van der Waals surface area contributed by atoms with Gasteiger partial charge in [-0.3, -0.25) is 14.2 Å². The largest absolute Gasteiger partial charge is 0.340 e. The summed E-state index contributed by atoms with van der Waals surface area (Å²) < 4.78 is 1.52. The minimum Gasteiger partial charge on any atom is -0.340 e. The highest BCUT2D eigenvalue weighted by Gasteiger charge is 2.20. The van der Waals surface area contributed by atoms with Crippen LogP contribution in [0.2, 0.25) is 0 Å².